The van der Waals surface area contributed by atoms with Crippen LogP contribution in [0.5, 0.6) is 17.2 Å². The molecule has 1 heterocycles. The molecule has 0 radical (unpaired) electrons. The van der Waals surface area contributed by atoms with E-state index in [-0.39, 0.29) is 103 Å². The van der Waals surface area contributed by atoms with Crippen LogP contribution in [0.15, 0.2) is 30.3 Å². The molecule has 0 aliphatic carbocycles. The summed E-state index contributed by atoms with van der Waals surface area (Å²) in [5.41, 5.74) is 0.768. The molecule has 0 saturated carbocycles. The number of aliphatic carboxylic acids is 4. The van der Waals surface area contributed by atoms with Gasteiger partial charge in [0.15, 0.2) is 5.75 Å². The van der Waals surface area contributed by atoms with Gasteiger partial charge in [0, 0.05) is 58.9 Å². The van der Waals surface area contributed by atoms with Crippen LogP contribution in [0.1, 0.15) is 18.4 Å². The van der Waals surface area contributed by atoms with Gasteiger partial charge >= 0.3 is 23.9 Å². The second kappa shape index (κ2) is 22.0. The molecule has 1 unspecified atom stereocenters. The molecule has 1 saturated heterocycles. The van der Waals surface area contributed by atoms with E-state index >= 15 is 0 Å². The van der Waals surface area contributed by atoms with Gasteiger partial charge in [-0.25, -0.2) is 0 Å². The normalized spacial score (nSPS) is 16.3. The summed E-state index contributed by atoms with van der Waals surface area (Å²) in [6.45, 7) is 0.988. The van der Waals surface area contributed by atoms with Gasteiger partial charge in [0.2, 0.25) is 5.91 Å². The zero-order valence-corrected chi connectivity index (χ0v) is 34.7. The van der Waals surface area contributed by atoms with Gasteiger partial charge in [-0.2, -0.15) is 0 Å². The van der Waals surface area contributed by atoms with Gasteiger partial charge in [-0.15, -0.1) is 0 Å². The van der Waals surface area contributed by atoms with E-state index in [2.05, 4.69) is 50.5 Å². The molecule has 1 fully saturated rings. The van der Waals surface area contributed by atoms with Crippen LogP contribution in [0.4, 0.5) is 0 Å². The lowest BCUT2D eigenvalue weighted by Gasteiger charge is -2.35. The van der Waals surface area contributed by atoms with Crippen LogP contribution in [-0.2, 0) is 30.4 Å². The number of nitrogens with zero attached hydrogens (tertiary/aromatic N) is 4. The Morgan fingerprint density at radius 2 is 1.19 bits per heavy atom. The summed E-state index contributed by atoms with van der Waals surface area (Å²) >= 11 is 6.30. The lowest BCUT2D eigenvalue weighted by molar-refractivity contribution is -0.145. The Morgan fingerprint density at radius 1 is 0.712 bits per heavy atom. The van der Waals surface area contributed by atoms with Crippen molar-refractivity contribution in [1.82, 2.24) is 24.9 Å². The third-order valence-electron chi connectivity index (χ3n) is 8.21. The van der Waals surface area contributed by atoms with E-state index < -0.39 is 29.9 Å². The number of phenolic OH excluding ortho intramolecular Hbond substituents is 1. The lowest BCUT2D eigenvalue weighted by atomic mass is 10.1. The highest BCUT2D eigenvalue weighted by molar-refractivity contribution is 14.1. The third kappa shape index (κ3) is 15.4. The van der Waals surface area contributed by atoms with Crippen LogP contribution in [-0.4, -0.2) is 159 Å². The summed E-state index contributed by atoms with van der Waals surface area (Å²) in [4.78, 5) is 66.6. The molecule has 2 aromatic carbocycles. The predicted molar refractivity (Wildman–Crippen MR) is 214 cm³/mol. The number of carbonyl (C=O) groups excluding carboxylic acids is 1. The van der Waals surface area contributed by atoms with Gasteiger partial charge in [-0.1, -0.05) is 0 Å². The monoisotopic (exact) mass is 1070 g/mol. The fourth-order valence-corrected chi connectivity index (χ4v) is 8.23. The maximum Gasteiger partial charge on any atom is 0.320 e. The summed E-state index contributed by atoms with van der Waals surface area (Å²) in [6.07, 6.45) is 0.618. The Kier molecular flexibility index (Phi) is 18.5. The van der Waals surface area contributed by atoms with E-state index in [1.54, 1.807) is 37.8 Å². The maximum absolute atomic E-state index is 12.9. The molecule has 1 aliphatic rings. The maximum atomic E-state index is 12.9. The Bertz CT molecular complexity index is 1530. The first-order valence-corrected chi connectivity index (χ1v) is 19.5. The molecule has 0 aromatic heterocycles. The van der Waals surface area contributed by atoms with Crippen molar-refractivity contribution >= 4 is 97.6 Å². The molecule has 286 valence electrons. The molecule has 1 amide bonds. The fraction of sp³-hybridized carbons (Fsp3) is 0.485. The number of carbonyl (C=O) groups is 5. The van der Waals surface area contributed by atoms with Crippen molar-refractivity contribution in [3.63, 3.8) is 0 Å². The summed E-state index contributed by atoms with van der Waals surface area (Å²) in [5.74, 6) is -3.17. The molecular formula is C33H42I3N5O11. The molecule has 16 nitrogen and oxygen atoms in total. The number of hydrogen-bond donors (Lipinski definition) is 6. The van der Waals surface area contributed by atoms with Crippen LogP contribution in [0.3, 0.4) is 0 Å². The summed E-state index contributed by atoms with van der Waals surface area (Å²) < 4.78 is 8.29. The second-order valence-electron chi connectivity index (χ2n) is 12.2. The number of benzene rings is 2. The highest BCUT2D eigenvalue weighted by Crippen LogP contribution is 2.35. The molecule has 19 heteroatoms. The first kappa shape index (κ1) is 43.8. The van der Waals surface area contributed by atoms with Crippen molar-refractivity contribution in [1.29, 1.82) is 0 Å². The Balaban J connectivity index is 1.62. The van der Waals surface area contributed by atoms with Gasteiger partial charge in [0.1, 0.15) is 17.5 Å². The number of hydrogen-bond acceptors (Lipinski definition) is 11. The van der Waals surface area contributed by atoms with E-state index in [4.69, 9.17) is 4.74 Å². The number of halogens is 3. The molecule has 3 rings (SSSR count). The number of carboxylic acids is 4. The van der Waals surface area contributed by atoms with Gasteiger partial charge < -0.3 is 35.6 Å². The largest absolute Gasteiger partial charge is 0.507 e. The molecule has 1 atom stereocenters. The minimum Gasteiger partial charge on any atom is -0.507 e. The summed E-state index contributed by atoms with van der Waals surface area (Å²) in [7, 11) is 0. The topological polar surface area (TPSA) is 221 Å². The minimum absolute atomic E-state index is 0.0978. The fourth-order valence-electron chi connectivity index (χ4n) is 5.63. The quantitative estimate of drug-likeness (QED) is 0.105. The van der Waals surface area contributed by atoms with Gasteiger partial charge in [0.25, 0.3) is 0 Å². The van der Waals surface area contributed by atoms with Gasteiger partial charge in [-0.05, 0) is 117 Å². The zero-order valence-electron chi connectivity index (χ0n) is 28.2. The van der Waals surface area contributed by atoms with Crippen molar-refractivity contribution in [2.45, 2.75) is 25.3 Å². The Hall–Kier alpha value is -2.58. The van der Waals surface area contributed by atoms with Crippen molar-refractivity contribution in [3.8, 4) is 17.2 Å². The second-order valence-corrected chi connectivity index (χ2v) is 15.7. The average Bonchev–Trinajstić information content (AvgIpc) is 3.04. The number of ether oxygens (including phenoxy) is 1. The van der Waals surface area contributed by atoms with Crippen LogP contribution in [0, 0.1) is 10.7 Å². The van der Waals surface area contributed by atoms with Crippen LogP contribution in [0.25, 0.3) is 0 Å². The Labute approximate surface area is 341 Å². The van der Waals surface area contributed by atoms with E-state index in [9.17, 15) is 49.5 Å². The highest BCUT2D eigenvalue weighted by atomic mass is 127. The molecule has 0 bridgehead atoms. The number of carboxylic acid groups (broad SMARTS) is 4. The standard InChI is InChI=1S/C33H42I3N5O11/c34-23-17-22(3-4-27(23)42)52-32-24(35)14-21(15-25(32)36)16-28(43)37-5-1-2-26(33(50)51)41-12-10-39(19-30(46)47)8-6-38(18-29(44)45)7-9-40(11-13-41)20-31(48)49/h3-4,14-15,17,26,42H,1-2,5-13,16,18-20H2,(H,37,43)(H,44,45)(H,46,47)(H,48,49)(H,50,51). The van der Waals surface area contributed by atoms with E-state index in [0.29, 0.717) is 21.5 Å². The summed E-state index contributed by atoms with van der Waals surface area (Å²) in [6, 6.07) is 7.67. The van der Waals surface area contributed by atoms with E-state index in [1.807, 2.05) is 34.7 Å². The molecular weight excluding hydrogens is 1020 g/mol. The molecule has 52 heavy (non-hydrogen) atoms. The van der Waals surface area contributed by atoms with Crippen LogP contribution < -0.4 is 10.1 Å². The Morgan fingerprint density at radius 3 is 1.63 bits per heavy atom. The molecule has 6 N–H and O–H groups in total. The van der Waals surface area contributed by atoms with Crippen LogP contribution in [0.2, 0.25) is 0 Å². The molecule has 2 aromatic rings. The molecule has 1 aliphatic heterocycles. The van der Waals surface area contributed by atoms with Crippen molar-refractivity contribution in [2.24, 2.45) is 0 Å². The van der Waals surface area contributed by atoms with E-state index in [0.717, 1.165) is 12.7 Å². The number of rotatable bonds is 16. The number of aromatic hydroxyl groups is 1. The van der Waals surface area contributed by atoms with Crippen LogP contribution >= 0.6 is 67.8 Å². The first-order valence-electron chi connectivity index (χ1n) is 16.3. The SMILES string of the molecule is O=C(O)CN1CCN(CC(=O)O)CCN(C(CCCNC(=O)Cc2cc(I)c(Oc3ccc(O)c(I)c3)c(I)c2)C(=O)O)CCN(CC(=O)O)CC1. The number of phenols is 1. The summed E-state index contributed by atoms with van der Waals surface area (Å²) in [5, 5.41) is 51.2. The first-order chi connectivity index (χ1) is 24.6. The number of amides is 1. The lowest BCUT2D eigenvalue weighted by Crippen LogP contribution is -2.51. The van der Waals surface area contributed by atoms with Gasteiger partial charge in [-0.3, -0.25) is 43.6 Å². The van der Waals surface area contributed by atoms with Crippen molar-refractivity contribution in [2.75, 3.05) is 78.5 Å². The van der Waals surface area contributed by atoms with Crippen molar-refractivity contribution < 1.29 is 54.2 Å². The van der Waals surface area contributed by atoms with E-state index in [1.165, 1.54) is 0 Å². The molecule has 0 spiro atoms. The van der Waals surface area contributed by atoms with Crippen molar-refractivity contribution in [3.05, 3.63) is 46.6 Å². The highest BCUT2D eigenvalue weighted by Gasteiger charge is 2.28. The zero-order chi connectivity index (χ0) is 38.4. The minimum atomic E-state index is -1.09. The predicted octanol–water partition coefficient (Wildman–Crippen LogP) is 2.37. The third-order valence-corrected chi connectivity index (χ3v) is 10.7. The average molecular weight is 1070 g/mol. The van der Waals surface area contributed by atoms with Gasteiger partial charge in [0.05, 0.1) is 36.8 Å². The number of nitrogens with one attached hydrogen (secondary N) is 1. The smallest absolute Gasteiger partial charge is 0.320 e.